The first-order valence-corrected chi connectivity index (χ1v) is 10.4. The summed E-state index contributed by atoms with van der Waals surface area (Å²) in [4.78, 5) is 6.82. The van der Waals surface area contributed by atoms with Crippen LogP contribution in [0.15, 0.2) is 17.1 Å². The molecule has 0 saturated heterocycles. The highest BCUT2D eigenvalue weighted by molar-refractivity contribution is 14.0. The summed E-state index contributed by atoms with van der Waals surface area (Å²) in [7, 11) is 6.73. The van der Waals surface area contributed by atoms with E-state index >= 15 is 0 Å². The van der Waals surface area contributed by atoms with Gasteiger partial charge in [-0.05, 0) is 40.5 Å². The monoisotopic (exact) mass is 536 g/mol. The fourth-order valence-corrected chi connectivity index (χ4v) is 3.43. The summed E-state index contributed by atoms with van der Waals surface area (Å²) in [5.74, 6) is 3.03. The Balaban J connectivity index is 0.00000841. The Hall–Kier alpha value is -1.42. The molecular weight excluding hydrogens is 495 g/mol. The topological polar surface area (TPSA) is 67.4 Å². The maximum absolute atomic E-state index is 5.52. The molecule has 0 aliphatic rings. The molecule has 30 heavy (non-hydrogen) atoms. The van der Waals surface area contributed by atoms with Gasteiger partial charge in [0.25, 0.3) is 0 Å². The van der Waals surface area contributed by atoms with Crippen molar-refractivity contribution in [2.45, 2.75) is 52.6 Å². The van der Waals surface area contributed by atoms with Gasteiger partial charge in [0.05, 0.1) is 21.3 Å². The van der Waals surface area contributed by atoms with Crippen LogP contribution in [0.4, 0.5) is 0 Å². The van der Waals surface area contributed by atoms with Crippen molar-refractivity contribution in [2.24, 2.45) is 4.99 Å². The van der Waals surface area contributed by atoms with Crippen LogP contribution in [-0.2, 0) is 6.42 Å². The third-order valence-electron chi connectivity index (χ3n) is 4.92. The first kappa shape index (κ1) is 28.6. The molecule has 0 heterocycles. The lowest BCUT2D eigenvalue weighted by atomic mass is 10.1. The highest BCUT2D eigenvalue weighted by Crippen LogP contribution is 2.34. The maximum Gasteiger partial charge on any atom is 0.190 e. The van der Waals surface area contributed by atoms with Crippen molar-refractivity contribution in [2.75, 3.05) is 48.0 Å². The van der Waals surface area contributed by atoms with Crippen molar-refractivity contribution < 1.29 is 14.2 Å². The molecule has 0 radical (unpaired) electrons. The number of rotatable bonds is 12. The van der Waals surface area contributed by atoms with Crippen LogP contribution >= 0.6 is 24.0 Å². The Labute approximate surface area is 200 Å². The van der Waals surface area contributed by atoms with E-state index < -0.39 is 0 Å². The average molecular weight is 536 g/mol. The lowest BCUT2D eigenvalue weighted by Gasteiger charge is -2.30. The van der Waals surface area contributed by atoms with Crippen LogP contribution in [0.2, 0.25) is 0 Å². The van der Waals surface area contributed by atoms with Gasteiger partial charge in [-0.1, -0.05) is 0 Å². The molecule has 2 N–H and O–H groups in total. The number of ether oxygens (including phenoxy) is 3. The molecule has 0 amide bonds. The zero-order chi connectivity index (χ0) is 21.8. The van der Waals surface area contributed by atoms with E-state index in [2.05, 4.69) is 48.2 Å². The number of benzene rings is 1. The van der Waals surface area contributed by atoms with Crippen LogP contribution < -0.4 is 24.8 Å². The SMILES string of the molecule is CN=C(NCCCN(C(C)C)C(C)C)NCCc1c(OC)cc(OC)cc1OC.I. The minimum absolute atomic E-state index is 0. The van der Waals surface area contributed by atoms with Gasteiger partial charge in [0.15, 0.2) is 5.96 Å². The third kappa shape index (κ3) is 9.16. The van der Waals surface area contributed by atoms with Crippen molar-refractivity contribution in [3.05, 3.63) is 17.7 Å². The van der Waals surface area contributed by atoms with Crippen LogP contribution in [0, 0.1) is 0 Å². The van der Waals surface area contributed by atoms with Gasteiger partial charge < -0.3 is 24.8 Å². The zero-order valence-corrected chi connectivity index (χ0v) is 22.2. The Morgan fingerprint density at radius 3 is 1.90 bits per heavy atom. The van der Waals surface area contributed by atoms with Crippen molar-refractivity contribution in [3.8, 4) is 17.2 Å². The molecule has 0 bridgehead atoms. The predicted octanol–water partition coefficient (Wildman–Crippen LogP) is 3.55. The van der Waals surface area contributed by atoms with Gasteiger partial charge in [0.2, 0.25) is 0 Å². The number of hydrogen-bond acceptors (Lipinski definition) is 5. The lowest BCUT2D eigenvalue weighted by molar-refractivity contribution is 0.173. The second kappa shape index (κ2) is 15.4. The van der Waals surface area contributed by atoms with E-state index in [1.54, 1.807) is 28.4 Å². The third-order valence-corrected chi connectivity index (χ3v) is 4.92. The second-order valence-electron chi connectivity index (χ2n) is 7.47. The van der Waals surface area contributed by atoms with E-state index in [1.165, 1.54) is 0 Å². The highest BCUT2D eigenvalue weighted by atomic mass is 127. The summed E-state index contributed by atoms with van der Waals surface area (Å²) in [5, 5.41) is 6.76. The molecule has 1 rings (SSSR count). The maximum atomic E-state index is 5.52. The van der Waals surface area contributed by atoms with Crippen LogP contribution in [0.25, 0.3) is 0 Å². The summed E-state index contributed by atoms with van der Waals surface area (Å²) in [5.41, 5.74) is 1.00. The molecule has 0 saturated carbocycles. The highest BCUT2D eigenvalue weighted by Gasteiger charge is 2.14. The van der Waals surface area contributed by atoms with E-state index in [0.29, 0.717) is 24.4 Å². The number of methoxy groups -OCH3 is 3. The fourth-order valence-electron chi connectivity index (χ4n) is 3.43. The van der Waals surface area contributed by atoms with E-state index in [9.17, 15) is 0 Å². The molecule has 0 atom stereocenters. The molecule has 0 fully saturated rings. The minimum Gasteiger partial charge on any atom is -0.496 e. The van der Waals surface area contributed by atoms with Crippen LogP contribution in [0.5, 0.6) is 17.2 Å². The molecular formula is C22H41IN4O3. The van der Waals surface area contributed by atoms with E-state index in [0.717, 1.165) is 49.0 Å². The predicted molar refractivity (Wildman–Crippen MR) is 136 cm³/mol. The quantitative estimate of drug-likeness (QED) is 0.184. The van der Waals surface area contributed by atoms with E-state index in [1.807, 2.05) is 12.1 Å². The number of guanidine groups is 1. The first-order valence-electron chi connectivity index (χ1n) is 10.4. The number of nitrogens with one attached hydrogen (secondary N) is 2. The summed E-state index contributed by atoms with van der Waals surface area (Å²) < 4.78 is 16.3. The Morgan fingerprint density at radius 2 is 1.47 bits per heavy atom. The minimum atomic E-state index is 0. The molecule has 174 valence electrons. The number of hydrogen-bond donors (Lipinski definition) is 2. The van der Waals surface area contributed by atoms with Gasteiger partial charge in [-0.2, -0.15) is 0 Å². The van der Waals surface area contributed by atoms with Gasteiger partial charge in [-0.25, -0.2) is 0 Å². The van der Waals surface area contributed by atoms with Gasteiger partial charge in [0.1, 0.15) is 17.2 Å². The zero-order valence-electron chi connectivity index (χ0n) is 19.9. The molecule has 0 aromatic heterocycles. The summed E-state index contributed by atoms with van der Waals surface area (Å²) in [6.45, 7) is 11.6. The fraction of sp³-hybridized carbons (Fsp3) is 0.682. The van der Waals surface area contributed by atoms with Gasteiger partial charge in [0, 0.05) is 56.5 Å². The van der Waals surface area contributed by atoms with Gasteiger partial charge in [-0.3, -0.25) is 9.89 Å². The molecule has 0 aliphatic heterocycles. The Morgan fingerprint density at radius 1 is 0.933 bits per heavy atom. The normalized spacial score (nSPS) is 11.5. The number of nitrogens with zero attached hydrogens (tertiary/aromatic N) is 2. The molecule has 0 spiro atoms. The molecule has 0 aliphatic carbocycles. The summed E-state index contributed by atoms with van der Waals surface area (Å²) in [6.07, 6.45) is 1.81. The first-order chi connectivity index (χ1) is 13.9. The van der Waals surface area contributed by atoms with Crippen LogP contribution in [-0.4, -0.2) is 71.0 Å². The van der Waals surface area contributed by atoms with E-state index in [4.69, 9.17) is 14.2 Å². The standard InChI is InChI=1S/C22H40N4O3.HI/c1-16(2)26(17(3)4)13-9-11-24-22(23-5)25-12-10-19-20(28-7)14-18(27-6)15-21(19)29-8;/h14-17H,9-13H2,1-8H3,(H2,23,24,25);1H. The molecule has 1 aromatic carbocycles. The Bertz CT molecular complexity index is 606. The van der Waals surface area contributed by atoms with Gasteiger partial charge >= 0.3 is 0 Å². The van der Waals surface area contributed by atoms with Crippen molar-refractivity contribution >= 4 is 29.9 Å². The smallest absolute Gasteiger partial charge is 0.190 e. The largest absolute Gasteiger partial charge is 0.496 e. The lowest BCUT2D eigenvalue weighted by Crippen LogP contribution is -2.41. The number of halogens is 1. The molecule has 0 unspecified atom stereocenters. The van der Waals surface area contributed by atoms with Crippen LogP contribution in [0.3, 0.4) is 0 Å². The van der Waals surface area contributed by atoms with Crippen molar-refractivity contribution in [1.82, 2.24) is 15.5 Å². The number of aliphatic imine (C=N–C) groups is 1. The molecule has 1 aromatic rings. The van der Waals surface area contributed by atoms with Gasteiger partial charge in [-0.15, -0.1) is 24.0 Å². The second-order valence-corrected chi connectivity index (χ2v) is 7.47. The molecule has 7 nitrogen and oxygen atoms in total. The Kier molecular flexibility index (Phi) is 14.7. The summed E-state index contributed by atoms with van der Waals surface area (Å²) in [6, 6.07) is 4.86. The van der Waals surface area contributed by atoms with E-state index in [-0.39, 0.29) is 24.0 Å². The molecule has 8 heteroatoms. The van der Waals surface area contributed by atoms with Crippen molar-refractivity contribution in [1.29, 1.82) is 0 Å². The van der Waals surface area contributed by atoms with Crippen LogP contribution in [0.1, 0.15) is 39.7 Å². The average Bonchev–Trinajstić information content (AvgIpc) is 2.71. The van der Waals surface area contributed by atoms with Crippen molar-refractivity contribution in [3.63, 3.8) is 0 Å². The summed E-state index contributed by atoms with van der Waals surface area (Å²) >= 11 is 0.